The van der Waals surface area contributed by atoms with Crippen molar-refractivity contribution >= 4 is 29.0 Å². The predicted octanol–water partition coefficient (Wildman–Crippen LogP) is 3.99. The Bertz CT molecular complexity index is 359. The molecule has 0 aromatic heterocycles. The maximum Gasteiger partial charge on any atom is 0.502 e. The van der Waals surface area contributed by atoms with Gasteiger partial charge in [0.05, 0.1) is 4.47 Å². The normalized spacial score (nSPS) is 12.4. The summed E-state index contributed by atoms with van der Waals surface area (Å²) in [5.74, 6) is -0.334. The molecule has 76 valence electrons. The molecule has 0 fully saturated rings. The van der Waals surface area contributed by atoms with Crippen molar-refractivity contribution < 1.29 is 17.3 Å². The van der Waals surface area contributed by atoms with E-state index in [1.165, 1.54) is 12.1 Å². The van der Waals surface area contributed by atoms with E-state index in [9.17, 15) is 17.3 Å². The van der Waals surface area contributed by atoms with E-state index in [4.69, 9.17) is 0 Å². The average molecular weight is 268 g/mol. The third-order valence-electron chi connectivity index (χ3n) is 1.45. The van der Waals surface area contributed by atoms with E-state index < -0.39 is 12.8 Å². The summed E-state index contributed by atoms with van der Waals surface area (Å²) in [6, 6.07) is 3.67. The van der Waals surface area contributed by atoms with Gasteiger partial charge in [0.2, 0.25) is 0 Å². The molecule has 0 bridgehead atoms. The lowest BCUT2D eigenvalue weighted by atomic mass is 9.91. The van der Waals surface area contributed by atoms with Gasteiger partial charge in [0.1, 0.15) is 5.82 Å². The molecule has 0 nitrogen and oxygen atoms in total. The lowest BCUT2D eigenvalue weighted by Gasteiger charge is -2.06. The molecule has 0 saturated heterocycles. The Balaban J connectivity index is 2.89. The molecular weight excluding hydrogens is 263 g/mol. The molecule has 0 unspecified atom stereocenters. The first-order valence-corrected chi connectivity index (χ1v) is 4.52. The number of hydrogen-bond donors (Lipinski definition) is 0. The summed E-state index contributed by atoms with van der Waals surface area (Å²) in [6.45, 7) is -4.94. The zero-order valence-electron chi connectivity index (χ0n) is 6.85. The van der Waals surface area contributed by atoms with Gasteiger partial charge in [0.25, 0.3) is 0 Å². The largest absolute Gasteiger partial charge is 0.502 e. The van der Waals surface area contributed by atoms with Crippen LogP contribution in [0.4, 0.5) is 17.3 Å². The number of hydrogen-bond acceptors (Lipinski definition) is 0. The predicted molar refractivity (Wildman–Crippen MR) is 52.2 cm³/mol. The fourth-order valence-corrected chi connectivity index (χ4v) is 1.23. The fraction of sp³-hybridized carbons (Fsp3) is 0. The van der Waals surface area contributed by atoms with Gasteiger partial charge in [-0.1, -0.05) is 12.1 Å². The lowest BCUT2D eigenvalue weighted by Crippen LogP contribution is -2.09. The van der Waals surface area contributed by atoms with Gasteiger partial charge >= 0.3 is 6.98 Å². The molecule has 0 atom stereocenters. The van der Waals surface area contributed by atoms with Crippen molar-refractivity contribution in [3.05, 3.63) is 40.0 Å². The molecule has 0 spiro atoms. The second-order valence-electron chi connectivity index (χ2n) is 2.66. The van der Waals surface area contributed by atoms with Crippen molar-refractivity contribution in [3.8, 4) is 0 Å². The summed E-state index contributed by atoms with van der Waals surface area (Å²) in [7, 11) is 0. The van der Waals surface area contributed by atoms with Crippen LogP contribution in [0.1, 0.15) is 5.56 Å². The van der Waals surface area contributed by atoms with E-state index in [0.717, 1.165) is 12.1 Å². The second kappa shape index (κ2) is 4.17. The van der Waals surface area contributed by atoms with Crippen LogP contribution in [-0.4, -0.2) is 6.98 Å². The van der Waals surface area contributed by atoms with Crippen LogP contribution < -0.4 is 0 Å². The quantitative estimate of drug-likeness (QED) is 0.562. The Morgan fingerprint density at radius 3 is 2.36 bits per heavy atom. The number of halogens is 5. The standard InChI is InChI=1S/C8H5BBrF4/c10-7-5-6(1-2-8(7)11)3-4-9(12,13)14/h1-5H/q-1/b4-3+. The van der Waals surface area contributed by atoms with E-state index in [2.05, 4.69) is 15.9 Å². The Morgan fingerprint density at radius 2 is 1.86 bits per heavy atom. The van der Waals surface area contributed by atoms with E-state index in [1.807, 2.05) is 0 Å². The average Bonchev–Trinajstić information content (AvgIpc) is 2.06. The van der Waals surface area contributed by atoms with Crippen LogP contribution in [0.2, 0.25) is 0 Å². The zero-order chi connectivity index (χ0) is 10.8. The first-order valence-electron chi connectivity index (χ1n) is 3.73. The van der Waals surface area contributed by atoms with Crippen LogP contribution in [0.3, 0.4) is 0 Å². The topological polar surface area (TPSA) is 0 Å². The van der Waals surface area contributed by atoms with Crippen molar-refractivity contribution in [1.82, 2.24) is 0 Å². The van der Waals surface area contributed by atoms with Crippen molar-refractivity contribution in [1.29, 1.82) is 0 Å². The van der Waals surface area contributed by atoms with Gasteiger partial charge < -0.3 is 12.9 Å². The third-order valence-corrected chi connectivity index (χ3v) is 2.06. The van der Waals surface area contributed by atoms with Gasteiger partial charge in [0.15, 0.2) is 0 Å². The van der Waals surface area contributed by atoms with Crippen molar-refractivity contribution in [3.63, 3.8) is 0 Å². The molecule has 0 saturated carbocycles. The summed E-state index contributed by atoms with van der Waals surface area (Å²) in [6.07, 6.45) is 0.907. The fourth-order valence-electron chi connectivity index (χ4n) is 0.836. The molecule has 1 aromatic carbocycles. The molecule has 0 radical (unpaired) electrons. The van der Waals surface area contributed by atoms with Crippen molar-refractivity contribution in [2.45, 2.75) is 0 Å². The maximum absolute atomic E-state index is 12.7. The first-order chi connectivity index (χ1) is 6.38. The molecular formula is C8H5BBrF4-. The van der Waals surface area contributed by atoms with Gasteiger partial charge in [-0.05, 0) is 33.6 Å². The summed E-state index contributed by atoms with van der Waals surface area (Å²) < 4.78 is 48.3. The summed E-state index contributed by atoms with van der Waals surface area (Å²) in [4.78, 5) is 0. The number of benzene rings is 1. The molecule has 14 heavy (non-hydrogen) atoms. The minimum absolute atomic E-state index is 0.148. The zero-order valence-corrected chi connectivity index (χ0v) is 8.44. The minimum Gasteiger partial charge on any atom is -0.445 e. The second-order valence-corrected chi connectivity index (χ2v) is 3.51. The van der Waals surface area contributed by atoms with E-state index in [1.54, 1.807) is 0 Å². The molecule has 0 aliphatic rings. The Hall–Kier alpha value is -0.775. The van der Waals surface area contributed by atoms with Crippen molar-refractivity contribution in [2.75, 3.05) is 0 Å². The van der Waals surface area contributed by atoms with Gasteiger partial charge in [-0.15, -0.1) is 5.98 Å². The Kier molecular flexibility index (Phi) is 3.36. The van der Waals surface area contributed by atoms with Gasteiger partial charge in [0, 0.05) is 0 Å². The summed E-state index contributed by atoms with van der Waals surface area (Å²) >= 11 is 2.88. The monoisotopic (exact) mass is 267 g/mol. The van der Waals surface area contributed by atoms with Gasteiger partial charge in [-0.2, -0.15) is 0 Å². The van der Waals surface area contributed by atoms with Crippen LogP contribution in [0, 0.1) is 5.82 Å². The highest BCUT2D eigenvalue weighted by atomic mass is 79.9. The molecule has 0 N–H and O–H groups in total. The molecule has 0 aliphatic heterocycles. The van der Waals surface area contributed by atoms with Gasteiger partial charge in [-0.3, -0.25) is 0 Å². The SMILES string of the molecule is Fc1ccc(/C=C/[B-](F)(F)F)cc1Br. The molecule has 1 rings (SSSR count). The summed E-state index contributed by atoms with van der Waals surface area (Å²) in [5, 5.41) is 0. The van der Waals surface area contributed by atoms with E-state index in [-0.39, 0.29) is 10.4 Å². The van der Waals surface area contributed by atoms with Crippen LogP contribution >= 0.6 is 15.9 Å². The van der Waals surface area contributed by atoms with Crippen LogP contribution in [0.5, 0.6) is 0 Å². The Labute approximate surface area is 86.8 Å². The smallest absolute Gasteiger partial charge is 0.445 e. The lowest BCUT2D eigenvalue weighted by molar-refractivity contribution is 0.499. The van der Waals surface area contributed by atoms with Crippen LogP contribution in [0.15, 0.2) is 28.6 Å². The molecule has 0 amide bonds. The highest BCUT2D eigenvalue weighted by Gasteiger charge is 2.16. The van der Waals surface area contributed by atoms with E-state index in [0.29, 0.717) is 5.56 Å². The van der Waals surface area contributed by atoms with Crippen LogP contribution in [0.25, 0.3) is 6.08 Å². The third kappa shape index (κ3) is 3.53. The van der Waals surface area contributed by atoms with Crippen molar-refractivity contribution in [2.24, 2.45) is 0 Å². The minimum atomic E-state index is -4.94. The Morgan fingerprint density at radius 1 is 1.21 bits per heavy atom. The maximum atomic E-state index is 12.7. The van der Waals surface area contributed by atoms with Crippen LogP contribution in [-0.2, 0) is 0 Å². The highest BCUT2D eigenvalue weighted by molar-refractivity contribution is 9.10. The van der Waals surface area contributed by atoms with E-state index >= 15 is 0 Å². The summed E-state index contributed by atoms with van der Waals surface area (Å²) in [5.41, 5.74) is 0.303. The molecule has 0 aliphatic carbocycles. The molecule has 1 aromatic rings. The molecule has 6 heteroatoms. The molecule has 0 heterocycles. The van der Waals surface area contributed by atoms with Gasteiger partial charge in [-0.25, -0.2) is 4.39 Å². The highest BCUT2D eigenvalue weighted by Crippen LogP contribution is 2.19. The first kappa shape index (κ1) is 11.3. The number of rotatable bonds is 2.